The largest absolute Gasteiger partial charge is 0.477 e. The van der Waals surface area contributed by atoms with Crippen LogP contribution in [0.2, 0.25) is 0 Å². The van der Waals surface area contributed by atoms with E-state index < -0.39 is 10.0 Å². The van der Waals surface area contributed by atoms with Crippen molar-refractivity contribution in [3.8, 4) is 0 Å². The van der Waals surface area contributed by atoms with Gasteiger partial charge in [-0.25, -0.2) is 0 Å². The van der Waals surface area contributed by atoms with Crippen LogP contribution in [0.4, 0.5) is 0 Å². The molecule has 0 unspecified atom stereocenters. The molecule has 0 bridgehead atoms. The second-order valence-corrected chi connectivity index (χ2v) is 8.94. The second-order valence-electron chi connectivity index (χ2n) is 6.54. The number of nitrogens with zero attached hydrogens (tertiary/aromatic N) is 1. The molecule has 5 nitrogen and oxygen atoms in total. The average molecular weight is 472 g/mol. The van der Waals surface area contributed by atoms with Crippen molar-refractivity contribution in [2.24, 2.45) is 4.40 Å². The fourth-order valence-corrected chi connectivity index (χ4v) is 3.99. The zero-order valence-corrected chi connectivity index (χ0v) is 19.5. The van der Waals surface area contributed by atoms with Crippen LogP contribution in [0.15, 0.2) is 43.6 Å². The minimum atomic E-state index is -3.95. The van der Waals surface area contributed by atoms with Crippen LogP contribution in [0.5, 0.6) is 0 Å². The van der Waals surface area contributed by atoms with Gasteiger partial charge in [0.05, 0.1) is 16.0 Å². The van der Waals surface area contributed by atoms with Crippen LogP contribution < -0.4 is 0 Å². The lowest BCUT2D eigenvalue weighted by molar-refractivity contribution is -0.115. The summed E-state index contributed by atoms with van der Waals surface area (Å²) in [5.74, 6) is -0.0682. The summed E-state index contributed by atoms with van der Waals surface area (Å²) in [7, 11) is -3.95. The maximum Gasteiger partial charge on any atom is 0.285 e. The van der Waals surface area contributed by atoms with Gasteiger partial charge in [-0.15, -0.1) is 4.40 Å². The number of rotatable bonds is 11. The number of carbonyl (C=O) groups excluding carboxylic acids is 1. The smallest absolute Gasteiger partial charge is 0.285 e. The number of ether oxygens (including phenoxy) is 1. The van der Waals surface area contributed by atoms with Crippen LogP contribution in [0.1, 0.15) is 64.9 Å². The molecule has 0 saturated carbocycles. The van der Waals surface area contributed by atoms with E-state index in [4.69, 9.17) is 4.74 Å². The van der Waals surface area contributed by atoms with Crippen molar-refractivity contribution >= 4 is 37.6 Å². The number of allylic oxidation sites excluding steroid dienone is 1. The number of hydrogen-bond acceptors (Lipinski definition) is 4. The third-order valence-electron chi connectivity index (χ3n) is 4.11. The number of ketones is 1. The Balaban J connectivity index is 3.43. The van der Waals surface area contributed by atoms with Gasteiger partial charge in [-0.2, -0.15) is 8.42 Å². The van der Waals surface area contributed by atoms with E-state index in [-0.39, 0.29) is 23.2 Å². The molecule has 0 atom stereocenters. The molecular formula is C21H30BrNO4S. The first-order valence-electron chi connectivity index (χ1n) is 9.73. The molecule has 0 saturated heterocycles. The fraction of sp³-hybridized carbons (Fsp3) is 0.524. The van der Waals surface area contributed by atoms with Gasteiger partial charge in [-0.05, 0) is 61.2 Å². The summed E-state index contributed by atoms with van der Waals surface area (Å²) in [6.07, 6.45) is 4.29. The molecule has 7 heteroatoms. The zero-order valence-electron chi connectivity index (χ0n) is 17.1. The van der Waals surface area contributed by atoms with Gasteiger partial charge < -0.3 is 4.74 Å². The molecule has 1 aromatic rings. The molecule has 0 amide bonds. The Kier molecular flexibility index (Phi) is 10.7. The van der Waals surface area contributed by atoms with Crippen molar-refractivity contribution in [3.63, 3.8) is 0 Å². The Hall–Kier alpha value is -1.47. The lowest BCUT2D eigenvalue weighted by atomic mass is 10.0. The van der Waals surface area contributed by atoms with E-state index in [0.29, 0.717) is 22.9 Å². The molecule has 0 spiro atoms. The lowest BCUT2D eigenvalue weighted by Gasteiger charge is -2.14. The van der Waals surface area contributed by atoms with Crippen LogP contribution >= 0.6 is 15.9 Å². The molecule has 0 radical (unpaired) electrons. The number of unbranched alkanes of at least 4 members (excludes halogenated alkanes) is 2. The maximum atomic E-state index is 12.8. The molecular weight excluding hydrogens is 442 g/mol. The topological polar surface area (TPSA) is 72.8 Å². The highest BCUT2D eigenvalue weighted by molar-refractivity contribution is 9.12. The van der Waals surface area contributed by atoms with Crippen LogP contribution in [0.3, 0.4) is 0 Å². The normalized spacial score (nSPS) is 13.2. The molecule has 0 fully saturated rings. The number of aryl methyl sites for hydroxylation is 1. The highest BCUT2D eigenvalue weighted by atomic mass is 79.9. The van der Waals surface area contributed by atoms with Crippen LogP contribution in [-0.2, 0) is 19.6 Å². The van der Waals surface area contributed by atoms with E-state index in [0.717, 1.165) is 31.2 Å². The van der Waals surface area contributed by atoms with E-state index in [2.05, 4.69) is 20.3 Å². The molecule has 0 heterocycles. The summed E-state index contributed by atoms with van der Waals surface area (Å²) < 4.78 is 35.5. The third-order valence-corrected chi connectivity index (χ3v) is 6.30. The zero-order chi connectivity index (χ0) is 21.2. The monoisotopic (exact) mass is 471 g/mol. The maximum absolute atomic E-state index is 12.8. The quantitative estimate of drug-likeness (QED) is 0.235. The number of benzene rings is 1. The minimum absolute atomic E-state index is 0.00625. The predicted octanol–water partition coefficient (Wildman–Crippen LogP) is 5.72. The van der Waals surface area contributed by atoms with Crippen molar-refractivity contribution in [2.75, 3.05) is 6.61 Å². The van der Waals surface area contributed by atoms with Gasteiger partial charge in [0.2, 0.25) is 5.90 Å². The number of hydrogen-bond donors (Lipinski definition) is 0. The molecule has 1 rings (SSSR count). The summed E-state index contributed by atoms with van der Waals surface area (Å²) in [6.45, 7) is 7.95. The summed E-state index contributed by atoms with van der Waals surface area (Å²) in [4.78, 5) is 12.6. The van der Waals surface area contributed by atoms with Crippen molar-refractivity contribution in [3.05, 3.63) is 39.9 Å². The van der Waals surface area contributed by atoms with Crippen molar-refractivity contribution in [1.82, 2.24) is 0 Å². The van der Waals surface area contributed by atoms with Crippen molar-refractivity contribution < 1.29 is 17.9 Å². The Bertz CT molecular complexity index is 811. The number of Topliss-reactive ketones (excluding diaryl/α,β-unsaturated/α-hetero) is 1. The van der Waals surface area contributed by atoms with Gasteiger partial charge in [-0.1, -0.05) is 44.4 Å². The first-order chi connectivity index (χ1) is 13.3. The van der Waals surface area contributed by atoms with Crippen molar-refractivity contribution in [1.29, 1.82) is 0 Å². The second kappa shape index (κ2) is 12.2. The number of carbonyl (C=O) groups is 1. The van der Waals surface area contributed by atoms with Crippen molar-refractivity contribution in [2.45, 2.75) is 71.1 Å². The van der Waals surface area contributed by atoms with Gasteiger partial charge in [0, 0.05) is 12.0 Å². The average Bonchev–Trinajstić information content (AvgIpc) is 2.66. The highest BCUT2D eigenvalue weighted by Gasteiger charge is 2.22. The summed E-state index contributed by atoms with van der Waals surface area (Å²) >= 11 is 3.39. The summed E-state index contributed by atoms with van der Waals surface area (Å²) in [5.41, 5.74) is 1.47. The summed E-state index contributed by atoms with van der Waals surface area (Å²) in [5, 5.41) is 0. The Labute approximate surface area is 177 Å². The van der Waals surface area contributed by atoms with Gasteiger partial charge in [0.1, 0.15) is 0 Å². The Morgan fingerprint density at radius 3 is 2.14 bits per heavy atom. The predicted molar refractivity (Wildman–Crippen MR) is 117 cm³/mol. The first-order valence-corrected chi connectivity index (χ1v) is 12.0. The molecule has 0 aliphatic rings. The minimum Gasteiger partial charge on any atom is -0.477 e. The molecule has 1 aromatic carbocycles. The Morgan fingerprint density at radius 1 is 1.04 bits per heavy atom. The standard InChI is InChI=1S/C21H30BrNO4S/c1-5-8-10-18(20(22)19(24)11-9-6-2)21(27-7-3)23-28(25,26)17-14-12-16(4)13-15-17/h12-15H,5-11H2,1-4H3/b20-18+,23-21+. The van der Waals surface area contributed by atoms with Gasteiger partial charge in [0.15, 0.2) is 5.78 Å². The van der Waals surface area contributed by atoms with E-state index in [9.17, 15) is 13.2 Å². The van der Waals surface area contributed by atoms with Gasteiger partial charge in [-0.3, -0.25) is 4.79 Å². The highest BCUT2D eigenvalue weighted by Crippen LogP contribution is 2.25. The first kappa shape index (κ1) is 24.6. The molecule has 0 N–H and O–H groups in total. The summed E-state index contributed by atoms with van der Waals surface area (Å²) in [6, 6.07) is 6.49. The molecule has 0 aromatic heterocycles. The van der Waals surface area contributed by atoms with E-state index in [1.807, 2.05) is 20.8 Å². The van der Waals surface area contributed by atoms with Crippen LogP contribution in [0, 0.1) is 6.92 Å². The molecule has 156 valence electrons. The molecule has 0 aliphatic heterocycles. The SMILES string of the molecule is CCCCC(=O)/C(Br)=C(CCCC)\C(=N/S(=O)(=O)c1ccc(C)cc1)OCC. The van der Waals surface area contributed by atoms with E-state index in [1.165, 1.54) is 12.1 Å². The van der Waals surface area contributed by atoms with Gasteiger partial charge >= 0.3 is 0 Å². The van der Waals surface area contributed by atoms with Crippen LogP contribution in [-0.4, -0.2) is 26.7 Å². The Morgan fingerprint density at radius 2 is 1.61 bits per heavy atom. The third kappa shape index (κ3) is 7.51. The number of sulfonamides is 1. The number of halogens is 1. The van der Waals surface area contributed by atoms with E-state index >= 15 is 0 Å². The molecule has 0 aliphatic carbocycles. The fourth-order valence-electron chi connectivity index (χ4n) is 2.46. The van der Waals surface area contributed by atoms with Crippen LogP contribution in [0.25, 0.3) is 0 Å². The molecule has 28 heavy (non-hydrogen) atoms. The van der Waals surface area contributed by atoms with Gasteiger partial charge in [0.25, 0.3) is 10.0 Å². The van der Waals surface area contributed by atoms with E-state index in [1.54, 1.807) is 19.1 Å². The lowest BCUT2D eigenvalue weighted by Crippen LogP contribution is -2.15.